The van der Waals surface area contributed by atoms with Crippen LogP contribution in [0.3, 0.4) is 0 Å². The highest BCUT2D eigenvalue weighted by Gasteiger charge is 2.14. The van der Waals surface area contributed by atoms with Crippen molar-refractivity contribution >= 4 is 39.1 Å². The van der Waals surface area contributed by atoms with Gasteiger partial charge in [-0.3, -0.25) is 19.7 Å². The number of nitro groups is 1. The van der Waals surface area contributed by atoms with Crippen LogP contribution in [0.1, 0.15) is 21.8 Å². The minimum Gasteiger partial charge on any atom is -0.352 e. The van der Waals surface area contributed by atoms with Crippen molar-refractivity contribution in [2.75, 3.05) is 13.6 Å². The number of thiazole rings is 1. The summed E-state index contributed by atoms with van der Waals surface area (Å²) in [6, 6.07) is 13.1. The van der Waals surface area contributed by atoms with Gasteiger partial charge >= 0.3 is 0 Å². The van der Waals surface area contributed by atoms with E-state index in [1.165, 1.54) is 24.3 Å². The van der Waals surface area contributed by atoms with Gasteiger partial charge in [0.25, 0.3) is 11.6 Å². The zero-order valence-corrected chi connectivity index (χ0v) is 15.9. The van der Waals surface area contributed by atoms with Crippen LogP contribution in [0, 0.1) is 10.1 Å². The number of amides is 2. The Balaban J connectivity index is 1.47. The average Bonchev–Trinajstić information content (AvgIpc) is 3.10. The van der Waals surface area contributed by atoms with Gasteiger partial charge in [0.15, 0.2) is 0 Å². The van der Waals surface area contributed by atoms with Crippen molar-refractivity contribution in [3.05, 3.63) is 69.2 Å². The number of hydrogen-bond acceptors (Lipinski definition) is 6. The maximum atomic E-state index is 12.3. The van der Waals surface area contributed by atoms with Gasteiger partial charge in [-0.2, -0.15) is 0 Å². The minimum absolute atomic E-state index is 0.0804. The number of benzene rings is 2. The van der Waals surface area contributed by atoms with Crippen LogP contribution in [-0.4, -0.2) is 40.2 Å². The molecule has 0 aliphatic heterocycles. The van der Waals surface area contributed by atoms with Crippen LogP contribution in [0.25, 0.3) is 10.2 Å². The van der Waals surface area contributed by atoms with Crippen molar-refractivity contribution in [1.29, 1.82) is 0 Å². The second-order valence-corrected chi connectivity index (χ2v) is 7.25. The Kier molecular flexibility index (Phi) is 5.95. The van der Waals surface area contributed by atoms with Gasteiger partial charge in [0.05, 0.1) is 21.7 Å². The molecule has 1 aromatic heterocycles. The van der Waals surface area contributed by atoms with E-state index in [1.54, 1.807) is 23.3 Å². The Hall–Kier alpha value is -3.33. The van der Waals surface area contributed by atoms with Gasteiger partial charge in [0.2, 0.25) is 5.91 Å². The molecule has 8 nitrogen and oxygen atoms in total. The average molecular weight is 398 g/mol. The number of hydrogen-bond donors (Lipinski definition) is 1. The van der Waals surface area contributed by atoms with E-state index < -0.39 is 4.92 Å². The largest absolute Gasteiger partial charge is 0.352 e. The number of fused-ring (bicyclic) bond motifs is 1. The predicted octanol–water partition coefficient (Wildman–Crippen LogP) is 2.98. The van der Waals surface area contributed by atoms with E-state index in [0.717, 1.165) is 15.2 Å². The second kappa shape index (κ2) is 8.57. The van der Waals surface area contributed by atoms with Gasteiger partial charge in [0.1, 0.15) is 5.01 Å². The van der Waals surface area contributed by atoms with Crippen molar-refractivity contribution in [1.82, 2.24) is 15.2 Å². The first-order valence-corrected chi connectivity index (χ1v) is 9.37. The van der Waals surface area contributed by atoms with Crippen LogP contribution < -0.4 is 5.32 Å². The monoisotopic (exact) mass is 398 g/mol. The fourth-order valence-electron chi connectivity index (χ4n) is 2.59. The molecule has 144 valence electrons. The van der Waals surface area contributed by atoms with Crippen LogP contribution in [-0.2, 0) is 11.3 Å². The third kappa shape index (κ3) is 4.68. The zero-order valence-electron chi connectivity index (χ0n) is 15.1. The second-order valence-electron chi connectivity index (χ2n) is 6.14. The van der Waals surface area contributed by atoms with Crippen LogP contribution >= 0.6 is 11.3 Å². The molecule has 0 atom stereocenters. The third-order valence-electron chi connectivity index (χ3n) is 4.10. The lowest BCUT2D eigenvalue weighted by Crippen LogP contribution is -2.31. The van der Waals surface area contributed by atoms with Gasteiger partial charge < -0.3 is 10.2 Å². The molecule has 3 rings (SSSR count). The molecule has 0 aliphatic rings. The van der Waals surface area contributed by atoms with Crippen molar-refractivity contribution in [3.63, 3.8) is 0 Å². The number of carbonyl (C=O) groups excluding carboxylic acids is 2. The summed E-state index contributed by atoms with van der Waals surface area (Å²) in [5.74, 6) is -0.486. The number of nitrogens with one attached hydrogen (secondary N) is 1. The summed E-state index contributed by atoms with van der Waals surface area (Å²) in [7, 11) is 1.70. The summed E-state index contributed by atoms with van der Waals surface area (Å²) >= 11 is 1.55. The summed E-state index contributed by atoms with van der Waals surface area (Å²) in [6.07, 6.45) is 0.153. The molecule has 0 radical (unpaired) electrons. The fourth-order valence-corrected chi connectivity index (χ4v) is 3.61. The number of carbonyl (C=O) groups is 2. The molecule has 9 heteroatoms. The minimum atomic E-state index is -0.526. The van der Waals surface area contributed by atoms with E-state index in [1.807, 2.05) is 24.3 Å². The SMILES string of the molecule is CN(Cc1nc2ccccc2s1)C(=O)CCNC(=O)c1ccc([N+](=O)[O-])cc1. The molecule has 3 aromatic rings. The lowest BCUT2D eigenvalue weighted by molar-refractivity contribution is -0.384. The van der Waals surface area contributed by atoms with E-state index in [4.69, 9.17) is 0 Å². The summed E-state index contributed by atoms with van der Waals surface area (Å²) < 4.78 is 1.08. The van der Waals surface area contributed by atoms with E-state index in [9.17, 15) is 19.7 Å². The molecule has 0 fully saturated rings. The first-order valence-electron chi connectivity index (χ1n) is 8.55. The van der Waals surface area contributed by atoms with Crippen LogP contribution in [0.15, 0.2) is 48.5 Å². The zero-order chi connectivity index (χ0) is 20.1. The van der Waals surface area contributed by atoms with Crippen molar-refractivity contribution in [3.8, 4) is 0 Å². The number of rotatable bonds is 7. The van der Waals surface area contributed by atoms with Gasteiger partial charge in [0, 0.05) is 37.7 Å². The van der Waals surface area contributed by atoms with E-state index in [0.29, 0.717) is 12.1 Å². The summed E-state index contributed by atoms with van der Waals surface area (Å²) in [4.78, 5) is 40.5. The predicted molar refractivity (Wildman–Crippen MR) is 106 cm³/mol. The van der Waals surface area contributed by atoms with Gasteiger partial charge in [-0.05, 0) is 24.3 Å². The molecular formula is C19H18N4O4S. The molecular weight excluding hydrogens is 380 g/mol. The van der Waals surface area contributed by atoms with Crippen LogP contribution in [0.5, 0.6) is 0 Å². The smallest absolute Gasteiger partial charge is 0.269 e. The number of nitrogens with zero attached hydrogens (tertiary/aromatic N) is 3. The number of aromatic nitrogens is 1. The first-order chi connectivity index (χ1) is 13.4. The van der Waals surface area contributed by atoms with Crippen molar-refractivity contribution in [2.45, 2.75) is 13.0 Å². The lowest BCUT2D eigenvalue weighted by atomic mass is 10.2. The molecule has 0 spiro atoms. The Morgan fingerprint density at radius 1 is 1.18 bits per heavy atom. The van der Waals surface area contributed by atoms with Gasteiger partial charge in [-0.1, -0.05) is 12.1 Å². The Morgan fingerprint density at radius 3 is 2.57 bits per heavy atom. The topological polar surface area (TPSA) is 105 Å². The Morgan fingerprint density at radius 2 is 1.89 bits per heavy atom. The quantitative estimate of drug-likeness (QED) is 0.486. The molecule has 1 N–H and O–H groups in total. The first kappa shape index (κ1) is 19.4. The maximum Gasteiger partial charge on any atom is 0.269 e. The number of nitro benzene ring substituents is 1. The lowest BCUT2D eigenvalue weighted by Gasteiger charge is -2.15. The van der Waals surface area contributed by atoms with E-state index >= 15 is 0 Å². The molecule has 0 saturated carbocycles. The Bertz CT molecular complexity index is 983. The van der Waals surface area contributed by atoms with Crippen LogP contribution in [0.2, 0.25) is 0 Å². The van der Waals surface area contributed by atoms with Gasteiger partial charge in [-0.25, -0.2) is 4.98 Å². The Labute approximate surface area is 165 Å². The van der Waals surface area contributed by atoms with Crippen LogP contribution in [0.4, 0.5) is 5.69 Å². The molecule has 0 unspecified atom stereocenters. The molecule has 2 aromatic carbocycles. The standard InChI is InChI=1S/C19H18N4O4S/c1-22(12-17-21-15-4-2-3-5-16(15)28-17)18(24)10-11-20-19(25)13-6-8-14(9-7-13)23(26)27/h2-9H,10-12H2,1H3,(H,20,25). The summed E-state index contributed by atoms with van der Waals surface area (Å²) in [5, 5.41) is 14.1. The fraction of sp³-hybridized carbons (Fsp3) is 0.211. The molecule has 0 aliphatic carbocycles. The summed E-state index contributed by atoms with van der Waals surface area (Å²) in [5.41, 5.74) is 1.14. The summed E-state index contributed by atoms with van der Waals surface area (Å²) in [6.45, 7) is 0.591. The van der Waals surface area contributed by atoms with Crippen molar-refractivity contribution < 1.29 is 14.5 Å². The highest BCUT2D eigenvalue weighted by molar-refractivity contribution is 7.18. The normalized spacial score (nSPS) is 10.6. The third-order valence-corrected chi connectivity index (χ3v) is 5.12. The van der Waals surface area contributed by atoms with Gasteiger partial charge in [-0.15, -0.1) is 11.3 Å². The maximum absolute atomic E-state index is 12.3. The van der Waals surface area contributed by atoms with Crippen molar-refractivity contribution in [2.24, 2.45) is 0 Å². The molecule has 0 bridgehead atoms. The number of para-hydroxylation sites is 1. The van der Waals surface area contributed by atoms with E-state index in [2.05, 4.69) is 10.3 Å². The molecule has 1 heterocycles. The molecule has 28 heavy (non-hydrogen) atoms. The molecule has 0 saturated heterocycles. The number of non-ortho nitro benzene ring substituents is 1. The highest BCUT2D eigenvalue weighted by atomic mass is 32.1. The molecule has 2 amide bonds. The van der Waals surface area contributed by atoms with E-state index in [-0.39, 0.29) is 30.5 Å². The highest BCUT2D eigenvalue weighted by Crippen LogP contribution is 2.22.